The van der Waals surface area contributed by atoms with Crippen molar-refractivity contribution < 1.29 is 14.0 Å². The van der Waals surface area contributed by atoms with Crippen molar-refractivity contribution in [2.24, 2.45) is 0 Å². The molecule has 1 aliphatic heterocycles. The number of carbonyl (C=O) groups excluding carboxylic acids is 2. The largest absolute Gasteiger partial charge is 0.368 e. The second-order valence-electron chi connectivity index (χ2n) is 7.18. The van der Waals surface area contributed by atoms with Gasteiger partial charge in [0.05, 0.1) is 0 Å². The standard InChI is InChI=1S/C23H22FN3O2/c1-16-20(15-21(25-16)17-6-3-2-4-7-17)22(28)23(29)27-12-10-26(11-13-27)19-9-5-8-18(24)14-19/h2-9,14-15,25H,10-13H2,1H3. The van der Waals surface area contributed by atoms with Gasteiger partial charge in [-0.1, -0.05) is 36.4 Å². The van der Waals surface area contributed by atoms with Crippen LogP contribution >= 0.6 is 0 Å². The molecule has 0 spiro atoms. The van der Waals surface area contributed by atoms with E-state index < -0.39 is 11.7 Å². The van der Waals surface area contributed by atoms with Gasteiger partial charge in [0.25, 0.3) is 11.7 Å². The summed E-state index contributed by atoms with van der Waals surface area (Å²) in [4.78, 5) is 32.4. The maximum absolute atomic E-state index is 13.4. The minimum atomic E-state index is -0.500. The first-order valence-corrected chi connectivity index (χ1v) is 9.62. The molecule has 0 unspecified atom stereocenters. The van der Waals surface area contributed by atoms with Gasteiger partial charge < -0.3 is 14.8 Å². The Labute approximate surface area is 168 Å². The molecule has 1 aromatic heterocycles. The third kappa shape index (κ3) is 3.92. The Morgan fingerprint density at radius 1 is 0.931 bits per heavy atom. The van der Waals surface area contributed by atoms with Gasteiger partial charge in [0, 0.05) is 48.8 Å². The summed E-state index contributed by atoms with van der Waals surface area (Å²) in [5.74, 6) is -1.28. The molecule has 0 bridgehead atoms. The quantitative estimate of drug-likeness (QED) is 0.546. The average Bonchev–Trinajstić information content (AvgIpc) is 3.15. The minimum absolute atomic E-state index is 0.284. The zero-order valence-electron chi connectivity index (χ0n) is 16.2. The zero-order valence-corrected chi connectivity index (χ0v) is 16.2. The van der Waals surface area contributed by atoms with Crippen LogP contribution in [0, 0.1) is 12.7 Å². The molecule has 0 saturated carbocycles. The van der Waals surface area contributed by atoms with Crippen LogP contribution in [0.1, 0.15) is 16.1 Å². The molecule has 29 heavy (non-hydrogen) atoms. The summed E-state index contributed by atoms with van der Waals surface area (Å²) in [6.07, 6.45) is 0. The van der Waals surface area contributed by atoms with Gasteiger partial charge in [0.15, 0.2) is 0 Å². The van der Waals surface area contributed by atoms with Crippen molar-refractivity contribution in [3.8, 4) is 11.3 Å². The summed E-state index contributed by atoms with van der Waals surface area (Å²) in [5.41, 5.74) is 3.65. The van der Waals surface area contributed by atoms with Crippen LogP contribution in [-0.4, -0.2) is 47.8 Å². The highest BCUT2D eigenvalue weighted by atomic mass is 19.1. The van der Waals surface area contributed by atoms with Gasteiger partial charge in [0.1, 0.15) is 5.82 Å². The van der Waals surface area contributed by atoms with Crippen molar-refractivity contribution >= 4 is 17.4 Å². The third-order valence-electron chi connectivity index (χ3n) is 5.28. The molecule has 0 atom stereocenters. The number of anilines is 1. The molecule has 3 aromatic rings. The van der Waals surface area contributed by atoms with Crippen LogP contribution in [0.5, 0.6) is 0 Å². The van der Waals surface area contributed by atoms with Gasteiger partial charge in [-0.25, -0.2) is 4.39 Å². The average molecular weight is 391 g/mol. The number of hydrogen-bond donors (Lipinski definition) is 1. The molecule has 5 nitrogen and oxygen atoms in total. The van der Waals surface area contributed by atoms with Gasteiger partial charge in [-0.05, 0) is 36.8 Å². The Morgan fingerprint density at radius 2 is 1.66 bits per heavy atom. The van der Waals surface area contributed by atoms with Crippen LogP contribution in [0.4, 0.5) is 10.1 Å². The SMILES string of the molecule is Cc1[nH]c(-c2ccccc2)cc1C(=O)C(=O)N1CCN(c2cccc(F)c2)CC1. The van der Waals surface area contributed by atoms with Crippen LogP contribution in [0.2, 0.25) is 0 Å². The second-order valence-corrected chi connectivity index (χ2v) is 7.18. The van der Waals surface area contributed by atoms with E-state index >= 15 is 0 Å². The number of ketones is 1. The summed E-state index contributed by atoms with van der Waals surface area (Å²) < 4.78 is 13.4. The lowest BCUT2D eigenvalue weighted by molar-refractivity contribution is -0.126. The van der Waals surface area contributed by atoms with E-state index in [1.165, 1.54) is 12.1 Å². The Kier molecular flexibility index (Phi) is 5.16. The number of carbonyl (C=O) groups is 2. The van der Waals surface area contributed by atoms with Gasteiger partial charge in [-0.15, -0.1) is 0 Å². The van der Waals surface area contributed by atoms with E-state index in [-0.39, 0.29) is 5.82 Å². The van der Waals surface area contributed by atoms with Crippen molar-refractivity contribution in [1.82, 2.24) is 9.88 Å². The lowest BCUT2D eigenvalue weighted by Crippen LogP contribution is -2.50. The van der Waals surface area contributed by atoms with Gasteiger partial charge in [-0.3, -0.25) is 9.59 Å². The molecule has 2 heterocycles. The molecule has 6 heteroatoms. The zero-order chi connectivity index (χ0) is 20.4. The maximum Gasteiger partial charge on any atom is 0.295 e. The third-order valence-corrected chi connectivity index (χ3v) is 5.28. The van der Waals surface area contributed by atoms with Gasteiger partial charge >= 0.3 is 0 Å². The molecule has 1 saturated heterocycles. The summed E-state index contributed by atoms with van der Waals surface area (Å²) in [5, 5.41) is 0. The van der Waals surface area contributed by atoms with E-state index in [4.69, 9.17) is 0 Å². The highest BCUT2D eigenvalue weighted by Crippen LogP contribution is 2.23. The van der Waals surface area contributed by atoms with Crippen molar-refractivity contribution in [3.05, 3.63) is 77.7 Å². The van der Waals surface area contributed by atoms with E-state index in [1.54, 1.807) is 24.0 Å². The molecule has 1 amide bonds. The summed E-state index contributed by atoms with van der Waals surface area (Å²) in [7, 11) is 0. The number of hydrogen-bond acceptors (Lipinski definition) is 3. The number of Topliss-reactive ketones (excluding diaryl/α,β-unsaturated/α-hetero) is 1. The fourth-order valence-electron chi connectivity index (χ4n) is 3.67. The number of amides is 1. The summed E-state index contributed by atoms with van der Waals surface area (Å²) in [6, 6.07) is 17.8. The van der Waals surface area contributed by atoms with Crippen molar-refractivity contribution in [2.75, 3.05) is 31.1 Å². The molecule has 2 aromatic carbocycles. The van der Waals surface area contributed by atoms with E-state index in [2.05, 4.69) is 4.98 Å². The molecule has 0 aliphatic carbocycles. The molecular formula is C23H22FN3O2. The monoisotopic (exact) mass is 391 g/mol. The van der Waals surface area contributed by atoms with E-state index in [1.807, 2.05) is 41.3 Å². The van der Waals surface area contributed by atoms with Crippen LogP contribution in [0.25, 0.3) is 11.3 Å². The second kappa shape index (κ2) is 7.91. The smallest absolute Gasteiger partial charge is 0.295 e. The van der Waals surface area contributed by atoms with Crippen molar-refractivity contribution in [1.29, 1.82) is 0 Å². The molecule has 148 valence electrons. The van der Waals surface area contributed by atoms with E-state index in [0.29, 0.717) is 37.4 Å². The molecule has 4 rings (SSSR count). The predicted octanol–water partition coefficient (Wildman–Crippen LogP) is 3.66. The summed E-state index contributed by atoms with van der Waals surface area (Å²) in [6.45, 7) is 3.77. The lowest BCUT2D eigenvalue weighted by atomic mass is 10.1. The molecule has 0 radical (unpaired) electrons. The van der Waals surface area contributed by atoms with Crippen molar-refractivity contribution in [2.45, 2.75) is 6.92 Å². The van der Waals surface area contributed by atoms with Gasteiger partial charge in [0.2, 0.25) is 0 Å². The number of H-pyrrole nitrogens is 1. The number of nitrogens with zero attached hydrogens (tertiary/aromatic N) is 2. The lowest BCUT2D eigenvalue weighted by Gasteiger charge is -2.35. The first-order chi connectivity index (χ1) is 14.0. The van der Waals surface area contributed by atoms with E-state index in [9.17, 15) is 14.0 Å². The predicted molar refractivity (Wildman–Crippen MR) is 110 cm³/mol. The number of aryl methyl sites for hydroxylation is 1. The Bertz CT molecular complexity index is 1040. The topological polar surface area (TPSA) is 56.4 Å². The number of nitrogens with one attached hydrogen (secondary N) is 1. The van der Waals surface area contributed by atoms with Crippen LogP contribution in [0.3, 0.4) is 0 Å². The molecule has 1 aliphatic rings. The fraction of sp³-hybridized carbons (Fsp3) is 0.217. The van der Waals surface area contributed by atoms with Crippen LogP contribution in [0.15, 0.2) is 60.7 Å². The number of aromatic amines is 1. The van der Waals surface area contributed by atoms with Crippen molar-refractivity contribution in [3.63, 3.8) is 0 Å². The van der Waals surface area contributed by atoms with Gasteiger partial charge in [-0.2, -0.15) is 0 Å². The first-order valence-electron chi connectivity index (χ1n) is 9.62. The summed E-state index contributed by atoms with van der Waals surface area (Å²) >= 11 is 0. The number of piperazine rings is 1. The Morgan fingerprint density at radius 3 is 2.34 bits per heavy atom. The highest BCUT2D eigenvalue weighted by molar-refractivity contribution is 6.43. The number of halogens is 1. The molecule has 1 fully saturated rings. The maximum atomic E-state index is 13.4. The highest BCUT2D eigenvalue weighted by Gasteiger charge is 2.28. The first kappa shape index (κ1) is 18.9. The Hall–Kier alpha value is -3.41. The molecular weight excluding hydrogens is 369 g/mol. The number of benzene rings is 2. The molecule has 1 N–H and O–H groups in total. The fourth-order valence-corrected chi connectivity index (χ4v) is 3.67. The number of rotatable bonds is 4. The number of aromatic nitrogens is 1. The Balaban J connectivity index is 1.44. The van der Waals surface area contributed by atoms with Crippen LogP contribution < -0.4 is 4.90 Å². The normalized spacial score (nSPS) is 14.1. The minimum Gasteiger partial charge on any atom is -0.368 e. The van der Waals surface area contributed by atoms with Crippen LogP contribution in [-0.2, 0) is 4.79 Å². The van der Waals surface area contributed by atoms with E-state index in [0.717, 1.165) is 16.9 Å².